The van der Waals surface area contributed by atoms with Crippen LogP contribution < -0.4 is 10.2 Å². The normalized spacial score (nSPS) is 10.6. The molecule has 0 radical (unpaired) electrons. The second-order valence-corrected chi connectivity index (χ2v) is 5.37. The zero-order valence-electron chi connectivity index (χ0n) is 13.5. The van der Waals surface area contributed by atoms with Crippen molar-refractivity contribution in [2.45, 2.75) is 13.3 Å². The van der Waals surface area contributed by atoms with Crippen LogP contribution in [0.5, 0.6) is 17.2 Å². The smallest absolute Gasteiger partial charge is 0.338 e. The van der Waals surface area contributed by atoms with Gasteiger partial charge >= 0.3 is 5.97 Å². The summed E-state index contributed by atoms with van der Waals surface area (Å²) in [5.74, 6) is 0.00487. The van der Waals surface area contributed by atoms with Gasteiger partial charge in [0.05, 0.1) is 17.6 Å². The van der Waals surface area contributed by atoms with E-state index in [0.717, 1.165) is 6.42 Å². The highest BCUT2D eigenvalue weighted by Crippen LogP contribution is 2.23. The van der Waals surface area contributed by atoms with Crippen molar-refractivity contribution in [3.8, 4) is 17.2 Å². The quantitative estimate of drug-likeness (QED) is 0.710. The van der Waals surface area contributed by atoms with Gasteiger partial charge in [-0.2, -0.15) is 0 Å². The fraction of sp³-hybridized carbons (Fsp3) is 0.158. The Hall–Kier alpha value is -3.28. The van der Waals surface area contributed by atoms with Crippen molar-refractivity contribution in [1.29, 1.82) is 0 Å². The first-order chi connectivity index (χ1) is 12.1. The third-order valence-electron chi connectivity index (χ3n) is 3.48. The van der Waals surface area contributed by atoms with Crippen molar-refractivity contribution in [3.63, 3.8) is 0 Å². The fourth-order valence-corrected chi connectivity index (χ4v) is 2.23. The van der Waals surface area contributed by atoms with Gasteiger partial charge < -0.3 is 19.0 Å². The predicted octanol–water partition coefficient (Wildman–Crippen LogP) is 3.86. The van der Waals surface area contributed by atoms with Crippen LogP contribution in [0.3, 0.4) is 0 Å². The summed E-state index contributed by atoms with van der Waals surface area (Å²) in [7, 11) is 0. The number of phenolic OH excluding ortho intramolecular Hbond substituents is 1. The molecule has 0 saturated heterocycles. The summed E-state index contributed by atoms with van der Waals surface area (Å²) < 4.78 is 15.9. The molecule has 0 fully saturated rings. The molecule has 25 heavy (non-hydrogen) atoms. The topological polar surface area (TPSA) is 86.0 Å². The van der Waals surface area contributed by atoms with Gasteiger partial charge in [-0.3, -0.25) is 4.79 Å². The number of carbonyl (C=O) groups excluding carboxylic acids is 1. The van der Waals surface area contributed by atoms with Crippen LogP contribution in [0.4, 0.5) is 0 Å². The Kier molecular flexibility index (Phi) is 4.70. The maximum atomic E-state index is 12.4. The van der Waals surface area contributed by atoms with Crippen LogP contribution in [0.25, 0.3) is 11.0 Å². The Morgan fingerprint density at radius 3 is 2.64 bits per heavy atom. The molecule has 0 amide bonds. The molecule has 1 heterocycles. The van der Waals surface area contributed by atoms with Gasteiger partial charge in [-0.1, -0.05) is 6.92 Å². The number of ether oxygens (including phenoxy) is 2. The first-order valence-corrected chi connectivity index (χ1v) is 7.78. The van der Waals surface area contributed by atoms with Crippen molar-refractivity contribution in [2.24, 2.45) is 0 Å². The Morgan fingerprint density at radius 1 is 1.16 bits per heavy atom. The number of fused-ring (bicyclic) bond motifs is 1. The highest BCUT2D eigenvalue weighted by Gasteiger charge is 2.11. The molecule has 0 aliphatic rings. The minimum Gasteiger partial charge on any atom is -0.508 e. The van der Waals surface area contributed by atoms with E-state index in [1.165, 1.54) is 24.5 Å². The molecule has 1 N–H and O–H groups in total. The third-order valence-corrected chi connectivity index (χ3v) is 3.48. The molecule has 0 saturated carbocycles. The number of phenols is 1. The van der Waals surface area contributed by atoms with E-state index in [0.29, 0.717) is 23.3 Å². The van der Waals surface area contributed by atoms with Gasteiger partial charge in [-0.05, 0) is 42.8 Å². The number of esters is 1. The molecule has 0 aliphatic heterocycles. The van der Waals surface area contributed by atoms with E-state index in [1.54, 1.807) is 24.3 Å². The van der Waals surface area contributed by atoms with Crippen molar-refractivity contribution >= 4 is 16.9 Å². The Bertz CT molecular complexity index is 956. The zero-order valence-corrected chi connectivity index (χ0v) is 13.5. The molecule has 0 atom stereocenters. The van der Waals surface area contributed by atoms with Crippen LogP contribution in [0.2, 0.25) is 0 Å². The molecule has 0 aliphatic carbocycles. The van der Waals surface area contributed by atoms with E-state index in [2.05, 4.69) is 0 Å². The van der Waals surface area contributed by atoms with Gasteiger partial charge in [0.1, 0.15) is 23.3 Å². The molecule has 128 valence electrons. The van der Waals surface area contributed by atoms with Crippen molar-refractivity contribution in [1.82, 2.24) is 0 Å². The van der Waals surface area contributed by atoms with E-state index in [4.69, 9.17) is 13.9 Å². The van der Waals surface area contributed by atoms with Gasteiger partial charge in [0.25, 0.3) is 0 Å². The predicted molar refractivity (Wildman–Crippen MR) is 91.2 cm³/mol. The monoisotopic (exact) mass is 340 g/mol. The lowest BCUT2D eigenvalue weighted by molar-refractivity contribution is 0.0505. The fourth-order valence-electron chi connectivity index (χ4n) is 2.23. The van der Waals surface area contributed by atoms with Crippen LogP contribution in [0, 0.1) is 0 Å². The summed E-state index contributed by atoms with van der Waals surface area (Å²) in [6.45, 7) is 2.28. The molecule has 2 aromatic carbocycles. The highest BCUT2D eigenvalue weighted by atomic mass is 16.5. The van der Waals surface area contributed by atoms with E-state index < -0.39 is 5.97 Å². The summed E-state index contributed by atoms with van der Waals surface area (Å²) in [4.78, 5) is 24.1. The number of hydrogen-bond donors (Lipinski definition) is 1. The number of hydrogen-bond acceptors (Lipinski definition) is 6. The highest BCUT2D eigenvalue weighted by molar-refractivity contribution is 5.89. The van der Waals surface area contributed by atoms with E-state index >= 15 is 0 Å². The first-order valence-electron chi connectivity index (χ1n) is 7.78. The van der Waals surface area contributed by atoms with Gasteiger partial charge in [0.15, 0.2) is 0 Å². The van der Waals surface area contributed by atoms with Crippen LogP contribution in [-0.4, -0.2) is 17.7 Å². The van der Waals surface area contributed by atoms with Crippen LogP contribution in [-0.2, 0) is 4.74 Å². The molecule has 3 aromatic rings. The van der Waals surface area contributed by atoms with Crippen molar-refractivity contribution < 1.29 is 23.8 Å². The van der Waals surface area contributed by atoms with E-state index in [1.807, 2.05) is 6.92 Å². The van der Waals surface area contributed by atoms with Gasteiger partial charge in [0.2, 0.25) is 11.2 Å². The average Bonchev–Trinajstić information content (AvgIpc) is 2.62. The SMILES string of the molecule is CCCOC(=O)c1ccc(Oc2coc3cc(O)ccc3c2=O)cc1. The Morgan fingerprint density at radius 2 is 1.92 bits per heavy atom. The van der Waals surface area contributed by atoms with Crippen LogP contribution in [0.15, 0.2) is 57.9 Å². The molecule has 0 bridgehead atoms. The Balaban J connectivity index is 1.82. The van der Waals surface area contributed by atoms with Crippen molar-refractivity contribution in [2.75, 3.05) is 6.61 Å². The number of benzene rings is 2. The zero-order chi connectivity index (χ0) is 17.8. The largest absolute Gasteiger partial charge is 0.508 e. The number of carbonyl (C=O) groups is 1. The summed E-state index contributed by atoms with van der Waals surface area (Å²) in [5.41, 5.74) is 0.320. The molecular formula is C19H16O6. The lowest BCUT2D eigenvalue weighted by Gasteiger charge is -2.07. The molecule has 3 rings (SSSR count). The lowest BCUT2D eigenvalue weighted by Crippen LogP contribution is -2.06. The molecule has 0 unspecified atom stereocenters. The summed E-state index contributed by atoms with van der Waals surface area (Å²) in [5, 5.41) is 9.72. The first kappa shape index (κ1) is 16.6. The molecule has 6 heteroatoms. The molecular weight excluding hydrogens is 324 g/mol. The minimum atomic E-state index is -0.404. The van der Waals surface area contributed by atoms with Crippen molar-refractivity contribution in [3.05, 3.63) is 64.5 Å². The maximum Gasteiger partial charge on any atom is 0.338 e. The molecule has 1 aromatic heterocycles. The summed E-state index contributed by atoms with van der Waals surface area (Å²) in [6, 6.07) is 10.5. The van der Waals surface area contributed by atoms with Crippen LogP contribution >= 0.6 is 0 Å². The maximum absolute atomic E-state index is 12.4. The molecule has 6 nitrogen and oxygen atoms in total. The van der Waals surface area contributed by atoms with Gasteiger partial charge in [-0.15, -0.1) is 0 Å². The Labute approximate surface area is 143 Å². The minimum absolute atomic E-state index is 0.00914. The number of rotatable bonds is 5. The number of aromatic hydroxyl groups is 1. The van der Waals surface area contributed by atoms with E-state index in [-0.39, 0.29) is 22.5 Å². The average molecular weight is 340 g/mol. The summed E-state index contributed by atoms with van der Waals surface area (Å²) in [6.07, 6.45) is 1.94. The van der Waals surface area contributed by atoms with Gasteiger partial charge in [0, 0.05) is 6.07 Å². The molecule has 0 spiro atoms. The third kappa shape index (κ3) is 3.63. The standard InChI is InChI=1S/C19H16O6/c1-2-9-23-19(22)12-3-6-14(7-4-12)25-17-11-24-16-10-13(20)5-8-15(16)18(17)21/h3-8,10-11,20H,2,9H2,1H3. The van der Waals surface area contributed by atoms with Crippen LogP contribution in [0.1, 0.15) is 23.7 Å². The van der Waals surface area contributed by atoms with E-state index in [9.17, 15) is 14.7 Å². The lowest BCUT2D eigenvalue weighted by atomic mass is 10.2. The van der Waals surface area contributed by atoms with Gasteiger partial charge in [-0.25, -0.2) is 4.79 Å². The second-order valence-electron chi connectivity index (χ2n) is 5.37. The second kappa shape index (κ2) is 7.09. The summed E-state index contributed by atoms with van der Waals surface area (Å²) >= 11 is 0.